The van der Waals surface area contributed by atoms with Crippen molar-refractivity contribution in [2.45, 2.75) is 12.5 Å². The van der Waals surface area contributed by atoms with Crippen LogP contribution in [-0.2, 0) is 0 Å². The average Bonchev–Trinajstić information content (AvgIpc) is 2.87. The minimum Gasteiger partial charge on any atom is -0.329 e. The van der Waals surface area contributed by atoms with Gasteiger partial charge in [-0.2, -0.15) is 0 Å². The summed E-state index contributed by atoms with van der Waals surface area (Å²) in [6.45, 7) is 0. The maximum absolute atomic E-state index is 12.6. The van der Waals surface area contributed by atoms with Crippen LogP contribution in [-0.4, -0.2) is 23.3 Å². The fourth-order valence-corrected chi connectivity index (χ4v) is 3.33. The quantitative estimate of drug-likeness (QED) is 0.865. The molecule has 2 amide bonds. The van der Waals surface area contributed by atoms with Crippen LogP contribution < -0.4 is 5.32 Å². The van der Waals surface area contributed by atoms with Gasteiger partial charge in [0.05, 0.1) is 6.04 Å². The number of hydrogen-bond donors (Lipinski definition) is 1. The summed E-state index contributed by atoms with van der Waals surface area (Å²) in [5.41, 5.74) is 2.10. The Kier molecular flexibility index (Phi) is 3.34. The van der Waals surface area contributed by atoms with E-state index in [0.717, 1.165) is 5.56 Å². The van der Waals surface area contributed by atoms with Crippen molar-refractivity contribution >= 4 is 23.3 Å². The first-order valence-electron chi connectivity index (χ1n) is 7.75. The van der Waals surface area contributed by atoms with Crippen molar-refractivity contribution in [2.75, 3.05) is 0 Å². The molecule has 0 saturated heterocycles. The summed E-state index contributed by atoms with van der Waals surface area (Å²) in [7, 11) is 0. The van der Waals surface area contributed by atoms with Crippen LogP contribution in [0.4, 0.5) is 4.79 Å². The predicted molar refractivity (Wildman–Crippen MR) is 88.4 cm³/mol. The summed E-state index contributed by atoms with van der Waals surface area (Å²) < 4.78 is 0. The number of nitrogens with one attached hydrogen (secondary N) is 1. The number of benzene rings is 2. The topological polar surface area (TPSA) is 75.6 Å². The van der Waals surface area contributed by atoms with E-state index in [4.69, 9.17) is 0 Å². The molecule has 2 aliphatic rings. The van der Waals surface area contributed by atoms with Crippen molar-refractivity contribution in [2.24, 2.45) is 10.9 Å². The summed E-state index contributed by atoms with van der Waals surface area (Å²) in [5.74, 6) is -1.51. The van der Waals surface area contributed by atoms with Gasteiger partial charge in [-0.05, 0) is 5.56 Å². The van der Waals surface area contributed by atoms with E-state index < -0.39 is 11.9 Å². The second-order valence-electron chi connectivity index (χ2n) is 5.93. The highest BCUT2D eigenvalue weighted by Gasteiger charge is 2.43. The largest absolute Gasteiger partial charge is 0.341 e. The third kappa shape index (κ3) is 2.25. The van der Waals surface area contributed by atoms with Crippen LogP contribution in [0.15, 0.2) is 59.6 Å². The molecule has 0 bridgehead atoms. The number of fused-ring (bicyclic) bond motifs is 1. The number of carbonyl (C=O) groups is 3. The lowest BCUT2D eigenvalue weighted by Gasteiger charge is -2.25. The van der Waals surface area contributed by atoms with Crippen molar-refractivity contribution in [1.29, 1.82) is 0 Å². The van der Waals surface area contributed by atoms with E-state index in [0.29, 0.717) is 23.3 Å². The van der Waals surface area contributed by atoms with Crippen molar-refractivity contribution in [3.05, 3.63) is 71.3 Å². The Morgan fingerprint density at radius 2 is 1.42 bits per heavy atom. The van der Waals surface area contributed by atoms with Crippen LogP contribution in [0.2, 0.25) is 0 Å². The fraction of sp³-hybridized carbons (Fsp3) is 0.158. The normalized spacial score (nSPS) is 20.6. The number of urea groups is 1. The zero-order valence-corrected chi connectivity index (χ0v) is 12.7. The van der Waals surface area contributed by atoms with Gasteiger partial charge in [0.1, 0.15) is 5.92 Å². The number of aliphatic imine (C=N–C) groups is 1. The lowest BCUT2D eigenvalue weighted by molar-refractivity contribution is 0.0882. The first-order valence-corrected chi connectivity index (χ1v) is 7.75. The minimum absolute atomic E-state index is 0.268. The molecule has 1 unspecified atom stereocenters. The SMILES string of the molecule is O=C1N=C(C2C(=O)c3ccccc3C2=O)CC(c2ccccc2)N1. The Morgan fingerprint density at radius 3 is 2.04 bits per heavy atom. The molecule has 0 saturated carbocycles. The second-order valence-corrected chi connectivity index (χ2v) is 5.93. The van der Waals surface area contributed by atoms with E-state index in [1.807, 2.05) is 30.3 Å². The molecule has 118 valence electrons. The van der Waals surface area contributed by atoms with Gasteiger partial charge < -0.3 is 5.32 Å². The van der Waals surface area contributed by atoms with Crippen LogP contribution in [0.5, 0.6) is 0 Å². The molecule has 0 aromatic heterocycles. The van der Waals surface area contributed by atoms with Crippen LogP contribution in [0.1, 0.15) is 38.7 Å². The Hall–Kier alpha value is -3.08. The minimum atomic E-state index is -0.973. The molecule has 1 aliphatic heterocycles. The van der Waals surface area contributed by atoms with E-state index in [9.17, 15) is 14.4 Å². The summed E-state index contributed by atoms with van der Waals surface area (Å²) in [6.07, 6.45) is 0.353. The van der Waals surface area contributed by atoms with Crippen LogP contribution in [0.25, 0.3) is 0 Å². The standard InChI is InChI=1S/C19H14N2O3/c22-17-12-8-4-5-9-13(12)18(23)16(17)15-10-14(20-19(24)21-15)11-6-2-1-3-7-11/h1-9,14,16H,10H2,(H,20,24). The van der Waals surface area contributed by atoms with Gasteiger partial charge in [0, 0.05) is 23.3 Å². The molecular weight excluding hydrogens is 304 g/mol. The maximum Gasteiger partial charge on any atom is 0.341 e. The molecule has 0 spiro atoms. The van der Waals surface area contributed by atoms with E-state index in [2.05, 4.69) is 10.3 Å². The van der Waals surface area contributed by atoms with Crippen molar-refractivity contribution in [1.82, 2.24) is 5.32 Å². The predicted octanol–water partition coefficient (Wildman–Crippen LogP) is 2.98. The molecular formula is C19H14N2O3. The van der Waals surface area contributed by atoms with E-state index in [1.54, 1.807) is 24.3 Å². The summed E-state index contributed by atoms with van der Waals surface area (Å²) in [4.78, 5) is 41.2. The van der Waals surface area contributed by atoms with Gasteiger partial charge >= 0.3 is 6.03 Å². The van der Waals surface area contributed by atoms with E-state index in [-0.39, 0.29) is 17.6 Å². The van der Waals surface area contributed by atoms with Gasteiger partial charge in [0.2, 0.25) is 0 Å². The Morgan fingerprint density at radius 1 is 0.833 bits per heavy atom. The van der Waals surface area contributed by atoms with Crippen LogP contribution in [0, 0.1) is 5.92 Å². The first kappa shape index (κ1) is 14.5. The molecule has 5 nitrogen and oxygen atoms in total. The smallest absolute Gasteiger partial charge is 0.329 e. The van der Waals surface area contributed by atoms with Gasteiger partial charge in [-0.15, -0.1) is 0 Å². The van der Waals surface area contributed by atoms with Crippen molar-refractivity contribution in [3.63, 3.8) is 0 Å². The van der Waals surface area contributed by atoms with Gasteiger partial charge in [0.15, 0.2) is 11.6 Å². The molecule has 1 atom stereocenters. The van der Waals surface area contributed by atoms with Gasteiger partial charge in [-0.1, -0.05) is 54.6 Å². The molecule has 0 radical (unpaired) electrons. The molecule has 2 aromatic carbocycles. The summed E-state index contributed by atoms with van der Waals surface area (Å²) in [6, 6.07) is 15.4. The molecule has 24 heavy (non-hydrogen) atoms. The molecule has 1 N–H and O–H groups in total. The number of hydrogen-bond acceptors (Lipinski definition) is 3. The summed E-state index contributed by atoms with van der Waals surface area (Å²) in [5, 5.41) is 2.79. The van der Waals surface area contributed by atoms with Crippen LogP contribution >= 0.6 is 0 Å². The summed E-state index contributed by atoms with van der Waals surface area (Å²) >= 11 is 0. The molecule has 5 heteroatoms. The number of ketones is 2. The number of amides is 2. The number of Topliss-reactive ketones (excluding diaryl/α,β-unsaturated/α-hetero) is 2. The fourth-order valence-electron chi connectivity index (χ4n) is 3.33. The third-order valence-corrected chi connectivity index (χ3v) is 4.47. The van der Waals surface area contributed by atoms with Crippen LogP contribution in [0.3, 0.4) is 0 Å². The third-order valence-electron chi connectivity index (χ3n) is 4.47. The van der Waals surface area contributed by atoms with Crippen molar-refractivity contribution < 1.29 is 14.4 Å². The number of nitrogens with zero attached hydrogens (tertiary/aromatic N) is 1. The van der Waals surface area contributed by atoms with Gasteiger partial charge in [-0.3, -0.25) is 9.59 Å². The zero-order chi connectivity index (χ0) is 16.7. The Balaban J connectivity index is 1.69. The highest BCUT2D eigenvalue weighted by molar-refractivity contribution is 6.37. The molecule has 4 rings (SSSR count). The lowest BCUT2D eigenvalue weighted by atomic mass is 9.89. The van der Waals surface area contributed by atoms with Crippen molar-refractivity contribution in [3.8, 4) is 0 Å². The highest BCUT2D eigenvalue weighted by Crippen LogP contribution is 2.32. The lowest BCUT2D eigenvalue weighted by Crippen LogP contribution is -2.38. The number of carbonyl (C=O) groups excluding carboxylic acids is 3. The highest BCUT2D eigenvalue weighted by atomic mass is 16.2. The van der Waals surface area contributed by atoms with Gasteiger partial charge in [-0.25, -0.2) is 9.79 Å². The molecule has 2 aromatic rings. The molecule has 0 fully saturated rings. The maximum atomic E-state index is 12.6. The average molecular weight is 318 g/mol. The van der Waals surface area contributed by atoms with Gasteiger partial charge in [0.25, 0.3) is 0 Å². The molecule has 1 aliphatic carbocycles. The number of rotatable bonds is 2. The zero-order valence-electron chi connectivity index (χ0n) is 12.7. The first-order chi connectivity index (χ1) is 11.6. The van der Waals surface area contributed by atoms with E-state index in [1.165, 1.54) is 0 Å². The van der Waals surface area contributed by atoms with E-state index >= 15 is 0 Å². The second kappa shape index (κ2) is 5.53. The monoisotopic (exact) mass is 318 g/mol. The Labute approximate surface area is 138 Å². The molecule has 1 heterocycles. The Bertz CT molecular complexity index is 851.